The van der Waals surface area contributed by atoms with Crippen LogP contribution < -0.4 is 5.32 Å². The van der Waals surface area contributed by atoms with E-state index in [0.717, 1.165) is 19.5 Å². The normalized spacial score (nSPS) is 28.4. The van der Waals surface area contributed by atoms with Gasteiger partial charge in [-0.05, 0) is 32.1 Å². The lowest BCUT2D eigenvalue weighted by molar-refractivity contribution is 0.0754. The van der Waals surface area contributed by atoms with Crippen molar-refractivity contribution in [3.8, 4) is 0 Å². The number of likely N-dealkylation sites (tertiary alicyclic amines) is 1. The maximum absolute atomic E-state index is 12.0. The smallest absolute Gasteiger partial charge is 0.409 e. The number of rotatable bonds is 4. The lowest BCUT2D eigenvalue weighted by Gasteiger charge is -2.39. The molecular formula is C16H30N2O2. The molecule has 1 saturated heterocycles. The Hall–Kier alpha value is -0.770. The van der Waals surface area contributed by atoms with Crippen molar-refractivity contribution in [3.05, 3.63) is 0 Å². The summed E-state index contributed by atoms with van der Waals surface area (Å²) >= 11 is 0. The van der Waals surface area contributed by atoms with Crippen molar-refractivity contribution in [2.24, 2.45) is 5.92 Å². The number of hydrogen-bond donors (Lipinski definition) is 1. The zero-order chi connectivity index (χ0) is 14.4. The first kappa shape index (κ1) is 15.6. The monoisotopic (exact) mass is 282 g/mol. The van der Waals surface area contributed by atoms with Gasteiger partial charge in [-0.3, -0.25) is 0 Å². The molecule has 0 spiro atoms. The Balaban J connectivity index is 1.88. The van der Waals surface area contributed by atoms with Gasteiger partial charge in [-0.1, -0.05) is 32.6 Å². The topological polar surface area (TPSA) is 41.6 Å². The Morgan fingerprint density at radius 2 is 1.90 bits per heavy atom. The molecule has 1 saturated carbocycles. The van der Waals surface area contributed by atoms with E-state index in [1.807, 2.05) is 11.8 Å². The van der Waals surface area contributed by atoms with Crippen LogP contribution in [0.25, 0.3) is 0 Å². The number of nitrogens with one attached hydrogen (secondary N) is 1. The molecule has 4 heteroatoms. The minimum absolute atomic E-state index is 0.138. The van der Waals surface area contributed by atoms with Gasteiger partial charge in [-0.15, -0.1) is 0 Å². The van der Waals surface area contributed by atoms with Crippen molar-refractivity contribution >= 4 is 6.09 Å². The fourth-order valence-corrected chi connectivity index (χ4v) is 3.59. The molecule has 4 nitrogen and oxygen atoms in total. The molecule has 2 aliphatic rings. The van der Waals surface area contributed by atoms with Crippen LogP contribution in [0.5, 0.6) is 0 Å². The average molecular weight is 282 g/mol. The number of ether oxygens (including phenoxy) is 1. The summed E-state index contributed by atoms with van der Waals surface area (Å²) in [6, 6.07) is 1.11. The molecule has 1 aliphatic heterocycles. The maximum atomic E-state index is 12.0. The standard InChI is InChI=1S/C16H30N2O2/c1-3-13-10-15(17-14-8-6-5-7-9-14)12-18(11-13)16(19)20-4-2/h13-15,17H,3-12H2,1-2H3. The average Bonchev–Trinajstić information content (AvgIpc) is 2.48. The molecule has 0 radical (unpaired) electrons. The van der Waals surface area contributed by atoms with Gasteiger partial charge < -0.3 is 15.0 Å². The molecule has 2 unspecified atom stereocenters. The number of nitrogens with zero attached hydrogens (tertiary/aromatic N) is 1. The lowest BCUT2D eigenvalue weighted by Crippen LogP contribution is -2.53. The molecular weight excluding hydrogens is 252 g/mol. The summed E-state index contributed by atoms with van der Waals surface area (Å²) in [6.45, 7) is 6.23. The first-order valence-electron chi connectivity index (χ1n) is 8.40. The van der Waals surface area contributed by atoms with Gasteiger partial charge in [-0.25, -0.2) is 4.79 Å². The highest BCUT2D eigenvalue weighted by Gasteiger charge is 2.31. The van der Waals surface area contributed by atoms with Crippen molar-refractivity contribution in [3.63, 3.8) is 0 Å². The molecule has 0 aromatic rings. The SMILES string of the molecule is CCOC(=O)N1CC(CC)CC(NC2CCCCC2)C1. The van der Waals surface area contributed by atoms with Gasteiger partial charge in [0.05, 0.1) is 6.61 Å². The molecule has 0 aromatic carbocycles. The van der Waals surface area contributed by atoms with Crippen molar-refractivity contribution in [2.45, 2.75) is 70.9 Å². The Labute approximate surface area is 123 Å². The predicted molar refractivity (Wildman–Crippen MR) is 80.8 cm³/mol. The summed E-state index contributed by atoms with van der Waals surface area (Å²) in [5.41, 5.74) is 0. The zero-order valence-corrected chi connectivity index (χ0v) is 13.1. The number of amides is 1. The molecule has 1 aliphatic carbocycles. The van der Waals surface area contributed by atoms with Crippen LogP contribution in [-0.4, -0.2) is 42.8 Å². The highest BCUT2D eigenvalue weighted by Crippen LogP contribution is 2.23. The maximum Gasteiger partial charge on any atom is 0.409 e. The first-order valence-corrected chi connectivity index (χ1v) is 8.40. The quantitative estimate of drug-likeness (QED) is 0.861. The molecule has 1 N–H and O–H groups in total. The summed E-state index contributed by atoms with van der Waals surface area (Å²) in [6.07, 6.45) is 8.88. The van der Waals surface area contributed by atoms with E-state index in [4.69, 9.17) is 4.74 Å². The van der Waals surface area contributed by atoms with Gasteiger partial charge in [0.15, 0.2) is 0 Å². The van der Waals surface area contributed by atoms with E-state index in [9.17, 15) is 4.79 Å². The molecule has 116 valence electrons. The fraction of sp³-hybridized carbons (Fsp3) is 0.938. The largest absolute Gasteiger partial charge is 0.450 e. The summed E-state index contributed by atoms with van der Waals surface area (Å²) in [5, 5.41) is 3.80. The molecule has 2 atom stereocenters. The van der Waals surface area contributed by atoms with Crippen LogP contribution in [0.15, 0.2) is 0 Å². The third-order valence-corrected chi connectivity index (χ3v) is 4.72. The third kappa shape index (κ3) is 4.37. The van der Waals surface area contributed by atoms with Crippen LogP contribution in [-0.2, 0) is 4.74 Å². The Morgan fingerprint density at radius 3 is 2.55 bits per heavy atom. The van der Waals surface area contributed by atoms with Crippen LogP contribution in [0, 0.1) is 5.92 Å². The van der Waals surface area contributed by atoms with Crippen LogP contribution >= 0.6 is 0 Å². The van der Waals surface area contributed by atoms with E-state index in [1.54, 1.807) is 0 Å². The Bertz CT molecular complexity index is 303. The second-order valence-electron chi connectivity index (χ2n) is 6.31. The second kappa shape index (κ2) is 7.87. The highest BCUT2D eigenvalue weighted by molar-refractivity contribution is 5.67. The summed E-state index contributed by atoms with van der Waals surface area (Å²) in [7, 11) is 0. The van der Waals surface area contributed by atoms with Crippen LogP contribution in [0.2, 0.25) is 0 Å². The van der Waals surface area contributed by atoms with E-state index < -0.39 is 0 Å². The molecule has 20 heavy (non-hydrogen) atoms. The van der Waals surface area contributed by atoms with Gasteiger partial charge in [0.1, 0.15) is 0 Å². The number of piperidine rings is 1. The summed E-state index contributed by atoms with van der Waals surface area (Å²) in [5.74, 6) is 0.606. The summed E-state index contributed by atoms with van der Waals surface area (Å²) in [4.78, 5) is 13.9. The van der Waals surface area contributed by atoms with E-state index in [2.05, 4.69) is 12.2 Å². The lowest BCUT2D eigenvalue weighted by atomic mass is 9.89. The summed E-state index contributed by atoms with van der Waals surface area (Å²) < 4.78 is 5.17. The van der Waals surface area contributed by atoms with Crippen LogP contribution in [0.4, 0.5) is 4.79 Å². The first-order chi connectivity index (χ1) is 9.72. The third-order valence-electron chi connectivity index (χ3n) is 4.72. The number of carbonyl (C=O) groups is 1. The predicted octanol–water partition coefficient (Wildman–Crippen LogP) is 3.17. The van der Waals surface area contributed by atoms with Gasteiger partial charge in [0, 0.05) is 25.2 Å². The zero-order valence-electron chi connectivity index (χ0n) is 13.1. The van der Waals surface area contributed by atoms with Crippen LogP contribution in [0.1, 0.15) is 58.8 Å². The fourth-order valence-electron chi connectivity index (χ4n) is 3.59. The molecule has 0 bridgehead atoms. The van der Waals surface area contributed by atoms with Gasteiger partial charge >= 0.3 is 6.09 Å². The molecule has 2 fully saturated rings. The van der Waals surface area contributed by atoms with Crippen molar-refractivity contribution in [2.75, 3.05) is 19.7 Å². The molecule has 0 aromatic heterocycles. The molecule has 1 heterocycles. The van der Waals surface area contributed by atoms with E-state index in [1.165, 1.54) is 38.5 Å². The van der Waals surface area contributed by atoms with Gasteiger partial charge in [0.25, 0.3) is 0 Å². The number of hydrogen-bond acceptors (Lipinski definition) is 3. The van der Waals surface area contributed by atoms with Crippen molar-refractivity contribution in [1.29, 1.82) is 0 Å². The van der Waals surface area contributed by atoms with Crippen molar-refractivity contribution in [1.82, 2.24) is 10.2 Å². The van der Waals surface area contributed by atoms with E-state index in [0.29, 0.717) is 24.6 Å². The van der Waals surface area contributed by atoms with Crippen LogP contribution in [0.3, 0.4) is 0 Å². The van der Waals surface area contributed by atoms with Crippen molar-refractivity contribution < 1.29 is 9.53 Å². The van der Waals surface area contributed by atoms with Gasteiger partial charge in [-0.2, -0.15) is 0 Å². The number of carbonyl (C=O) groups excluding carboxylic acids is 1. The minimum atomic E-state index is -0.138. The minimum Gasteiger partial charge on any atom is -0.450 e. The molecule has 2 rings (SSSR count). The van der Waals surface area contributed by atoms with E-state index >= 15 is 0 Å². The Kier molecular flexibility index (Phi) is 6.14. The van der Waals surface area contributed by atoms with Gasteiger partial charge in [0.2, 0.25) is 0 Å². The highest BCUT2D eigenvalue weighted by atomic mass is 16.6. The van der Waals surface area contributed by atoms with E-state index in [-0.39, 0.29) is 6.09 Å². The molecule has 1 amide bonds. The second-order valence-corrected chi connectivity index (χ2v) is 6.31. The Morgan fingerprint density at radius 1 is 1.15 bits per heavy atom.